The van der Waals surface area contributed by atoms with Crippen LogP contribution in [0.1, 0.15) is 57.1 Å². The van der Waals surface area contributed by atoms with Crippen molar-refractivity contribution in [2.24, 2.45) is 0 Å². The van der Waals surface area contributed by atoms with Crippen molar-refractivity contribution in [2.75, 3.05) is 36.4 Å². The number of benzene rings is 1. The van der Waals surface area contributed by atoms with Gasteiger partial charge in [-0.1, -0.05) is 44.5 Å². The molecule has 1 unspecified atom stereocenters. The third kappa shape index (κ3) is 5.18. The van der Waals surface area contributed by atoms with Gasteiger partial charge in [0.15, 0.2) is 0 Å². The summed E-state index contributed by atoms with van der Waals surface area (Å²) in [7, 11) is 0. The molecule has 2 aromatic rings. The largest absolute Gasteiger partial charge is 0.350 e. The van der Waals surface area contributed by atoms with Gasteiger partial charge in [0.2, 0.25) is 11.8 Å². The summed E-state index contributed by atoms with van der Waals surface area (Å²) in [5, 5.41) is 6.96. The van der Waals surface area contributed by atoms with Crippen molar-refractivity contribution in [3.63, 3.8) is 0 Å². The van der Waals surface area contributed by atoms with Crippen LogP contribution in [0.3, 0.4) is 0 Å². The number of carbonyl (C=O) groups is 2. The second-order valence-corrected chi connectivity index (χ2v) is 10.0. The Balaban J connectivity index is 1.52. The first-order valence-electron chi connectivity index (χ1n) is 11.9. The van der Waals surface area contributed by atoms with Crippen LogP contribution in [0.4, 0.5) is 11.6 Å². The van der Waals surface area contributed by atoms with E-state index in [1.54, 1.807) is 0 Å². The molecular weight excluding hydrogens is 452 g/mol. The number of hydrogen-bond donors (Lipinski definition) is 2. The van der Waals surface area contributed by atoms with Crippen LogP contribution in [0.15, 0.2) is 30.6 Å². The molecule has 1 aromatic carbocycles. The first-order chi connectivity index (χ1) is 16.2. The van der Waals surface area contributed by atoms with E-state index in [1.165, 1.54) is 6.33 Å². The fourth-order valence-electron chi connectivity index (χ4n) is 4.82. The average molecular weight is 485 g/mol. The maximum Gasteiger partial charge on any atom is 0.231 e. The lowest BCUT2D eigenvalue weighted by Crippen LogP contribution is -2.56. The van der Waals surface area contributed by atoms with Crippen LogP contribution in [0.25, 0.3) is 0 Å². The third-order valence-electron chi connectivity index (χ3n) is 6.62. The van der Waals surface area contributed by atoms with Gasteiger partial charge in [0.05, 0.1) is 5.92 Å². The molecule has 1 aromatic heterocycles. The summed E-state index contributed by atoms with van der Waals surface area (Å²) < 4.78 is 0. The molecule has 0 saturated carbocycles. The second-order valence-electron chi connectivity index (χ2n) is 9.61. The lowest BCUT2D eigenvalue weighted by Gasteiger charge is -2.43. The summed E-state index contributed by atoms with van der Waals surface area (Å²) >= 11 is 6.08. The molecule has 1 saturated heterocycles. The minimum atomic E-state index is -0.277. The van der Waals surface area contributed by atoms with Crippen LogP contribution in [0.2, 0.25) is 5.02 Å². The molecule has 2 N–H and O–H groups in total. The van der Waals surface area contributed by atoms with E-state index in [2.05, 4.69) is 46.3 Å². The topological polar surface area (TPSA) is 90.5 Å². The van der Waals surface area contributed by atoms with Crippen LogP contribution in [0, 0.1) is 0 Å². The number of anilines is 2. The molecule has 182 valence electrons. The van der Waals surface area contributed by atoms with Crippen LogP contribution in [0.5, 0.6) is 0 Å². The van der Waals surface area contributed by atoms with Crippen molar-refractivity contribution >= 4 is 35.1 Å². The standard InChI is InChI=1S/C25H33ClN6O2/c1-15(2)27-12-20(18-5-7-19(26)8-6-18)25(34)31-9-10-32(17(4)13-31)24-22-16(3)11-21(33)30-23(22)28-14-29-24/h5-8,14-17,20,27H,9-13H2,1-4H3,(H,28,29,30,33)/t16-,17-,20?/m1/s1. The van der Waals surface area contributed by atoms with Crippen molar-refractivity contribution in [3.05, 3.63) is 46.7 Å². The van der Waals surface area contributed by atoms with E-state index in [0.29, 0.717) is 43.4 Å². The molecule has 8 nitrogen and oxygen atoms in total. The van der Waals surface area contributed by atoms with E-state index in [-0.39, 0.29) is 35.7 Å². The predicted octanol–water partition coefficient (Wildman–Crippen LogP) is 3.39. The van der Waals surface area contributed by atoms with E-state index in [4.69, 9.17) is 11.6 Å². The van der Waals surface area contributed by atoms with Gasteiger partial charge >= 0.3 is 0 Å². The zero-order valence-corrected chi connectivity index (χ0v) is 21.0. The number of piperazine rings is 1. The number of nitrogens with zero attached hydrogens (tertiary/aromatic N) is 4. The first-order valence-corrected chi connectivity index (χ1v) is 12.3. The molecule has 2 aliphatic heterocycles. The lowest BCUT2D eigenvalue weighted by atomic mass is 9.93. The van der Waals surface area contributed by atoms with E-state index < -0.39 is 0 Å². The Kier molecular flexibility index (Phi) is 7.38. The number of carbonyl (C=O) groups excluding carboxylic acids is 2. The highest BCUT2D eigenvalue weighted by Crippen LogP contribution is 2.37. The summed E-state index contributed by atoms with van der Waals surface area (Å²) in [5.41, 5.74) is 1.95. The Labute approximate surface area is 206 Å². The highest BCUT2D eigenvalue weighted by molar-refractivity contribution is 6.30. The molecule has 0 radical (unpaired) electrons. The molecule has 9 heteroatoms. The summed E-state index contributed by atoms with van der Waals surface area (Å²) in [4.78, 5) is 38.7. The lowest BCUT2D eigenvalue weighted by molar-refractivity contribution is -0.133. The van der Waals surface area contributed by atoms with Gasteiger partial charge in [-0.3, -0.25) is 9.59 Å². The maximum absolute atomic E-state index is 13.7. The smallest absolute Gasteiger partial charge is 0.231 e. The minimum absolute atomic E-state index is 0.0173. The first kappa shape index (κ1) is 24.4. The number of halogens is 1. The quantitative estimate of drug-likeness (QED) is 0.653. The molecule has 2 aliphatic rings. The highest BCUT2D eigenvalue weighted by atomic mass is 35.5. The van der Waals surface area contributed by atoms with Gasteiger partial charge in [0.25, 0.3) is 0 Å². The molecule has 1 fully saturated rings. The number of rotatable bonds is 6. The Morgan fingerprint density at radius 1 is 1.21 bits per heavy atom. The van der Waals surface area contributed by atoms with Crippen molar-refractivity contribution in [3.8, 4) is 0 Å². The average Bonchev–Trinajstić information content (AvgIpc) is 2.79. The molecule has 34 heavy (non-hydrogen) atoms. The molecule has 3 atom stereocenters. The van der Waals surface area contributed by atoms with E-state index in [9.17, 15) is 9.59 Å². The second kappa shape index (κ2) is 10.3. The van der Waals surface area contributed by atoms with Crippen LogP contribution < -0.4 is 15.5 Å². The van der Waals surface area contributed by atoms with Crippen molar-refractivity contribution in [1.82, 2.24) is 20.2 Å². The van der Waals surface area contributed by atoms with Crippen molar-refractivity contribution in [2.45, 2.75) is 58.0 Å². The van der Waals surface area contributed by atoms with Gasteiger partial charge in [-0.15, -0.1) is 0 Å². The van der Waals surface area contributed by atoms with Gasteiger partial charge in [-0.25, -0.2) is 9.97 Å². The number of fused-ring (bicyclic) bond motifs is 1. The molecule has 0 aliphatic carbocycles. The number of nitrogens with one attached hydrogen (secondary N) is 2. The van der Waals surface area contributed by atoms with Gasteiger partial charge in [-0.05, 0) is 30.5 Å². The Morgan fingerprint density at radius 2 is 1.94 bits per heavy atom. The summed E-state index contributed by atoms with van der Waals surface area (Å²) in [6, 6.07) is 7.91. The normalized spacial score (nSPS) is 21.3. The SMILES string of the molecule is CC(C)NCC(C(=O)N1CCN(c2ncnc3c2[C@H](C)CC(=O)N3)[C@H](C)C1)c1ccc(Cl)cc1. The Hall–Kier alpha value is -2.71. The van der Waals surface area contributed by atoms with E-state index >= 15 is 0 Å². The van der Waals surface area contributed by atoms with Crippen LogP contribution in [-0.2, 0) is 9.59 Å². The minimum Gasteiger partial charge on any atom is -0.350 e. The fourth-order valence-corrected chi connectivity index (χ4v) is 4.95. The van der Waals surface area contributed by atoms with Crippen LogP contribution in [-0.4, -0.2) is 64.9 Å². The van der Waals surface area contributed by atoms with Gasteiger partial charge in [-0.2, -0.15) is 0 Å². The summed E-state index contributed by atoms with van der Waals surface area (Å²) in [6.07, 6.45) is 1.93. The summed E-state index contributed by atoms with van der Waals surface area (Å²) in [5.74, 6) is 1.32. The number of aromatic nitrogens is 2. The van der Waals surface area contributed by atoms with Crippen molar-refractivity contribution < 1.29 is 9.59 Å². The van der Waals surface area contributed by atoms with Gasteiger partial charge < -0.3 is 20.4 Å². The van der Waals surface area contributed by atoms with E-state index in [1.807, 2.05) is 36.1 Å². The number of amides is 2. The highest BCUT2D eigenvalue weighted by Gasteiger charge is 2.35. The third-order valence-corrected chi connectivity index (χ3v) is 6.87. The van der Waals surface area contributed by atoms with Gasteiger partial charge in [0, 0.05) is 55.3 Å². The Bertz CT molecular complexity index is 1040. The maximum atomic E-state index is 13.7. The molecule has 0 spiro atoms. The zero-order valence-electron chi connectivity index (χ0n) is 20.2. The Morgan fingerprint density at radius 3 is 2.62 bits per heavy atom. The molecule has 3 heterocycles. The molecule has 4 rings (SSSR count). The van der Waals surface area contributed by atoms with Crippen molar-refractivity contribution in [1.29, 1.82) is 0 Å². The van der Waals surface area contributed by atoms with Crippen LogP contribution >= 0.6 is 11.6 Å². The zero-order chi connectivity index (χ0) is 24.4. The van der Waals surface area contributed by atoms with E-state index in [0.717, 1.165) is 16.9 Å². The molecule has 2 amide bonds. The predicted molar refractivity (Wildman–Crippen MR) is 134 cm³/mol. The summed E-state index contributed by atoms with van der Waals surface area (Å²) in [6.45, 7) is 10.8. The molecular formula is C25H33ClN6O2. The monoisotopic (exact) mass is 484 g/mol. The molecule has 0 bridgehead atoms. The van der Waals surface area contributed by atoms with Gasteiger partial charge in [0.1, 0.15) is 18.0 Å². The number of hydrogen-bond acceptors (Lipinski definition) is 6. The fraction of sp³-hybridized carbons (Fsp3) is 0.520.